The first kappa shape index (κ1) is 13.1. The van der Waals surface area contributed by atoms with E-state index in [1.807, 2.05) is 6.07 Å². The third-order valence-corrected chi connectivity index (χ3v) is 2.68. The minimum Gasteiger partial charge on any atom is -0.378 e. The number of aryl methyl sites for hydroxylation is 1. The summed E-state index contributed by atoms with van der Waals surface area (Å²) in [5.74, 6) is -0.668. The molecule has 1 heterocycles. The van der Waals surface area contributed by atoms with E-state index in [0.29, 0.717) is 12.1 Å². The number of primary amides is 1. The number of nitrogens with one attached hydrogen (secondary N) is 1. The van der Waals surface area contributed by atoms with Crippen molar-refractivity contribution in [2.24, 2.45) is 5.73 Å². The topological polar surface area (TPSA) is 72.9 Å². The molecule has 0 aliphatic heterocycles. The highest BCUT2D eigenvalue weighted by Crippen LogP contribution is 2.12. The van der Waals surface area contributed by atoms with Crippen LogP contribution in [0.2, 0.25) is 0 Å². The van der Waals surface area contributed by atoms with Gasteiger partial charge < -0.3 is 11.1 Å². The number of halogens is 1. The molecule has 1 aromatic heterocycles. The van der Waals surface area contributed by atoms with Gasteiger partial charge in [-0.1, -0.05) is 12.1 Å². The summed E-state index contributed by atoms with van der Waals surface area (Å²) in [7, 11) is 0. The van der Waals surface area contributed by atoms with Crippen LogP contribution in [0.3, 0.4) is 0 Å². The second-order valence-electron chi connectivity index (χ2n) is 4.33. The maximum Gasteiger partial charge on any atom is 0.239 e. The van der Waals surface area contributed by atoms with Crippen LogP contribution in [0.25, 0.3) is 0 Å². The molecule has 0 atom stereocenters. The quantitative estimate of drug-likeness (QED) is 0.856. The van der Waals surface area contributed by atoms with Crippen LogP contribution in [0.15, 0.2) is 30.6 Å². The zero-order valence-corrected chi connectivity index (χ0v) is 10.6. The number of nitrogens with two attached hydrogens (primary N) is 1. The second kappa shape index (κ2) is 5.51. The van der Waals surface area contributed by atoms with E-state index < -0.39 is 5.91 Å². The van der Waals surface area contributed by atoms with Crippen LogP contribution in [0.5, 0.6) is 0 Å². The Balaban J connectivity index is 1.96. The highest BCUT2D eigenvalue weighted by molar-refractivity contribution is 5.73. The molecule has 3 N–H and O–H groups in total. The molecule has 6 heteroatoms. The van der Waals surface area contributed by atoms with E-state index in [0.717, 1.165) is 11.3 Å². The highest BCUT2D eigenvalue weighted by atomic mass is 19.1. The maximum atomic E-state index is 13.4. The van der Waals surface area contributed by atoms with Crippen LogP contribution >= 0.6 is 0 Å². The third kappa shape index (κ3) is 3.54. The number of anilines is 1. The van der Waals surface area contributed by atoms with Crippen molar-refractivity contribution in [3.05, 3.63) is 47.5 Å². The Hall–Kier alpha value is -2.37. The zero-order valence-electron chi connectivity index (χ0n) is 10.6. The molecule has 0 saturated carbocycles. The average molecular weight is 262 g/mol. The molecule has 0 bridgehead atoms. The number of aromatic nitrogens is 2. The Morgan fingerprint density at radius 3 is 3.00 bits per heavy atom. The van der Waals surface area contributed by atoms with Gasteiger partial charge >= 0.3 is 0 Å². The Bertz CT molecular complexity index is 594. The standard InChI is InChI=1S/C13H15FN4O/c1-9-2-3-10(4-12(9)14)5-16-11-6-17-18(7-11)8-13(15)19/h2-4,6-7,16H,5,8H2,1H3,(H2,15,19). The molecule has 19 heavy (non-hydrogen) atoms. The van der Waals surface area contributed by atoms with Crippen LogP contribution in [-0.2, 0) is 17.9 Å². The van der Waals surface area contributed by atoms with E-state index in [4.69, 9.17) is 5.73 Å². The fourth-order valence-electron chi connectivity index (χ4n) is 1.65. The molecule has 0 fully saturated rings. The van der Waals surface area contributed by atoms with Crippen molar-refractivity contribution in [2.45, 2.75) is 20.0 Å². The normalized spacial score (nSPS) is 10.4. The Kier molecular flexibility index (Phi) is 3.79. The summed E-state index contributed by atoms with van der Waals surface area (Å²) < 4.78 is 14.8. The zero-order chi connectivity index (χ0) is 13.8. The van der Waals surface area contributed by atoms with Crippen molar-refractivity contribution in [1.82, 2.24) is 9.78 Å². The van der Waals surface area contributed by atoms with E-state index in [-0.39, 0.29) is 12.4 Å². The van der Waals surface area contributed by atoms with Crippen molar-refractivity contribution in [2.75, 3.05) is 5.32 Å². The van der Waals surface area contributed by atoms with Gasteiger partial charge in [0, 0.05) is 12.7 Å². The SMILES string of the molecule is Cc1ccc(CNc2cnn(CC(N)=O)c2)cc1F. The number of benzene rings is 1. The lowest BCUT2D eigenvalue weighted by Gasteiger charge is -2.05. The minimum absolute atomic E-state index is 0.0425. The van der Waals surface area contributed by atoms with Gasteiger partial charge in [0.05, 0.1) is 11.9 Å². The highest BCUT2D eigenvalue weighted by Gasteiger charge is 2.02. The maximum absolute atomic E-state index is 13.4. The molecule has 5 nitrogen and oxygen atoms in total. The van der Waals surface area contributed by atoms with Gasteiger partial charge in [0.15, 0.2) is 0 Å². The van der Waals surface area contributed by atoms with E-state index in [9.17, 15) is 9.18 Å². The molecule has 1 aromatic carbocycles. The first-order valence-corrected chi connectivity index (χ1v) is 5.84. The molecule has 0 radical (unpaired) electrons. The molecule has 0 aliphatic rings. The van der Waals surface area contributed by atoms with Crippen LogP contribution in [0, 0.1) is 12.7 Å². The molecule has 2 rings (SSSR count). The molecular weight excluding hydrogens is 247 g/mol. The summed E-state index contributed by atoms with van der Waals surface area (Å²) in [5, 5.41) is 7.08. The fraction of sp³-hybridized carbons (Fsp3) is 0.231. The smallest absolute Gasteiger partial charge is 0.239 e. The van der Waals surface area contributed by atoms with Crippen LogP contribution in [0.1, 0.15) is 11.1 Å². The molecule has 0 unspecified atom stereocenters. The number of nitrogens with zero attached hydrogens (tertiary/aromatic N) is 2. The first-order valence-electron chi connectivity index (χ1n) is 5.84. The molecule has 1 amide bonds. The first-order chi connectivity index (χ1) is 9.04. The van der Waals surface area contributed by atoms with Crippen molar-refractivity contribution in [1.29, 1.82) is 0 Å². The van der Waals surface area contributed by atoms with E-state index in [1.54, 1.807) is 25.4 Å². The molecule has 0 aliphatic carbocycles. The predicted molar refractivity (Wildman–Crippen MR) is 69.9 cm³/mol. The van der Waals surface area contributed by atoms with Crippen molar-refractivity contribution in [3.8, 4) is 0 Å². The number of carbonyl (C=O) groups excluding carboxylic acids is 1. The fourth-order valence-corrected chi connectivity index (χ4v) is 1.65. The van der Waals surface area contributed by atoms with Crippen molar-refractivity contribution < 1.29 is 9.18 Å². The molecule has 0 saturated heterocycles. The van der Waals surface area contributed by atoms with Crippen molar-refractivity contribution in [3.63, 3.8) is 0 Å². The van der Waals surface area contributed by atoms with E-state index in [2.05, 4.69) is 10.4 Å². The average Bonchev–Trinajstić information content (AvgIpc) is 2.77. The summed E-state index contributed by atoms with van der Waals surface area (Å²) in [4.78, 5) is 10.7. The summed E-state index contributed by atoms with van der Waals surface area (Å²) in [6.45, 7) is 2.25. The Labute approximate surface area is 110 Å². The van der Waals surface area contributed by atoms with E-state index >= 15 is 0 Å². The second-order valence-corrected chi connectivity index (χ2v) is 4.33. The Morgan fingerprint density at radius 1 is 1.53 bits per heavy atom. The molecule has 2 aromatic rings. The summed E-state index contributed by atoms with van der Waals surface area (Å²) in [5.41, 5.74) is 7.28. The summed E-state index contributed by atoms with van der Waals surface area (Å²) >= 11 is 0. The van der Waals surface area contributed by atoms with Crippen molar-refractivity contribution >= 4 is 11.6 Å². The summed E-state index contributed by atoms with van der Waals surface area (Å²) in [6, 6.07) is 5.10. The van der Waals surface area contributed by atoms with Gasteiger partial charge in [-0.2, -0.15) is 5.10 Å². The van der Waals surface area contributed by atoms with Crippen LogP contribution in [0.4, 0.5) is 10.1 Å². The van der Waals surface area contributed by atoms with Crippen LogP contribution < -0.4 is 11.1 Å². The van der Waals surface area contributed by atoms with Gasteiger partial charge in [0.25, 0.3) is 0 Å². The number of hydrogen-bond donors (Lipinski definition) is 2. The van der Waals surface area contributed by atoms with Gasteiger partial charge in [0.1, 0.15) is 12.4 Å². The van der Waals surface area contributed by atoms with Crippen LogP contribution in [-0.4, -0.2) is 15.7 Å². The minimum atomic E-state index is -0.449. The number of hydrogen-bond acceptors (Lipinski definition) is 3. The van der Waals surface area contributed by atoms with E-state index in [1.165, 1.54) is 10.7 Å². The van der Waals surface area contributed by atoms with Gasteiger partial charge in [0.2, 0.25) is 5.91 Å². The van der Waals surface area contributed by atoms with Gasteiger partial charge in [-0.05, 0) is 24.1 Å². The van der Waals surface area contributed by atoms with Gasteiger partial charge in [-0.3, -0.25) is 9.48 Å². The van der Waals surface area contributed by atoms with Gasteiger partial charge in [-0.15, -0.1) is 0 Å². The predicted octanol–water partition coefficient (Wildman–Crippen LogP) is 1.43. The van der Waals surface area contributed by atoms with Gasteiger partial charge in [-0.25, -0.2) is 4.39 Å². The lowest BCUT2D eigenvalue weighted by Crippen LogP contribution is -2.18. The molecule has 0 spiro atoms. The lowest BCUT2D eigenvalue weighted by molar-refractivity contribution is -0.118. The number of amides is 1. The third-order valence-electron chi connectivity index (χ3n) is 2.68. The molecular formula is C13H15FN4O. The summed E-state index contributed by atoms with van der Waals surface area (Å²) in [6.07, 6.45) is 3.27. The largest absolute Gasteiger partial charge is 0.378 e. The Morgan fingerprint density at radius 2 is 2.32 bits per heavy atom. The lowest BCUT2D eigenvalue weighted by atomic mass is 10.1. The monoisotopic (exact) mass is 262 g/mol. The molecule has 100 valence electrons. The number of rotatable bonds is 5. The number of carbonyl (C=O) groups is 1.